The Kier molecular flexibility index (Phi) is 4.73. The molecule has 1 aromatic carbocycles. The molecule has 1 aromatic rings. The fourth-order valence-corrected chi connectivity index (χ4v) is 2.27. The van der Waals surface area contributed by atoms with Gasteiger partial charge in [-0.2, -0.15) is 0 Å². The van der Waals surface area contributed by atoms with E-state index in [1.54, 1.807) is 7.11 Å². The summed E-state index contributed by atoms with van der Waals surface area (Å²) in [7, 11) is 1.70. The zero-order valence-electron chi connectivity index (χ0n) is 11.4. The Morgan fingerprint density at radius 3 is 2.41 bits per heavy atom. The molecule has 1 atom stereocenters. The van der Waals surface area contributed by atoms with Crippen LogP contribution in [-0.4, -0.2) is 13.4 Å². The number of aldehydes is 1. The molecule has 1 rings (SSSR count). The summed E-state index contributed by atoms with van der Waals surface area (Å²) in [4.78, 5) is 10.7. The zero-order chi connectivity index (χ0) is 13.0. The van der Waals surface area contributed by atoms with E-state index in [9.17, 15) is 4.79 Å². The van der Waals surface area contributed by atoms with Crippen molar-refractivity contribution < 1.29 is 9.53 Å². The van der Waals surface area contributed by atoms with Gasteiger partial charge in [0.15, 0.2) is 0 Å². The molecule has 0 saturated carbocycles. The first kappa shape index (κ1) is 13.8. The van der Waals surface area contributed by atoms with Crippen LogP contribution in [0, 0.1) is 6.92 Å². The Hall–Kier alpha value is -1.31. The third kappa shape index (κ3) is 2.87. The van der Waals surface area contributed by atoms with Gasteiger partial charge in [0.25, 0.3) is 0 Å². The molecule has 0 radical (unpaired) electrons. The molecule has 0 fully saturated rings. The van der Waals surface area contributed by atoms with Crippen LogP contribution in [0.1, 0.15) is 55.7 Å². The molecule has 17 heavy (non-hydrogen) atoms. The number of ether oxygens (including phenoxy) is 1. The molecular weight excluding hydrogens is 212 g/mol. The van der Waals surface area contributed by atoms with Crippen LogP contribution in [0.4, 0.5) is 0 Å². The van der Waals surface area contributed by atoms with E-state index in [1.807, 2.05) is 6.92 Å². The largest absolute Gasteiger partial charge is 0.496 e. The first-order chi connectivity index (χ1) is 8.02. The minimum Gasteiger partial charge on any atom is -0.496 e. The smallest absolute Gasteiger partial charge is 0.125 e. The summed E-state index contributed by atoms with van der Waals surface area (Å²) in [6.07, 6.45) is 1.52. The predicted octanol–water partition coefficient (Wildman–Crippen LogP) is 3.82. The van der Waals surface area contributed by atoms with E-state index in [0.717, 1.165) is 17.6 Å². The van der Waals surface area contributed by atoms with Gasteiger partial charge in [0.2, 0.25) is 0 Å². The molecule has 2 heteroatoms. The molecule has 1 unspecified atom stereocenters. The topological polar surface area (TPSA) is 26.3 Å². The molecule has 2 nitrogen and oxygen atoms in total. The van der Waals surface area contributed by atoms with E-state index in [-0.39, 0.29) is 5.92 Å². The molecule has 0 N–H and O–H groups in total. The van der Waals surface area contributed by atoms with Gasteiger partial charge in [-0.05, 0) is 29.9 Å². The number of hydrogen-bond donors (Lipinski definition) is 0. The maximum Gasteiger partial charge on any atom is 0.125 e. The Labute approximate surface area is 104 Å². The SMILES string of the molecule is COc1c(C)ccc(C(C)C)c1C(C)CC=O. The maximum absolute atomic E-state index is 10.7. The molecule has 0 bridgehead atoms. The van der Waals surface area contributed by atoms with Crippen molar-refractivity contribution >= 4 is 6.29 Å². The first-order valence-electron chi connectivity index (χ1n) is 6.13. The van der Waals surface area contributed by atoms with Crippen LogP contribution in [0.2, 0.25) is 0 Å². The highest BCUT2D eigenvalue weighted by atomic mass is 16.5. The summed E-state index contributed by atoms with van der Waals surface area (Å²) >= 11 is 0. The van der Waals surface area contributed by atoms with E-state index in [1.165, 1.54) is 11.1 Å². The van der Waals surface area contributed by atoms with E-state index in [0.29, 0.717) is 12.3 Å². The van der Waals surface area contributed by atoms with Crippen LogP contribution in [0.25, 0.3) is 0 Å². The van der Waals surface area contributed by atoms with E-state index < -0.39 is 0 Å². The fourth-order valence-electron chi connectivity index (χ4n) is 2.27. The molecule has 0 heterocycles. The van der Waals surface area contributed by atoms with Crippen molar-refractivity contribution in [2.24, 2.45) is 0 Å². The Bertz CT molecular complexity index is 394. The van der Waals surface area contributed by atoms with Crippen molar-refractivity contribution in [3.05, 3.63) is 28.8 Å². The van der Waals surface area contributed by atoms with Crippen LogP contribution in [0.15, 0.2) is 12.1 Å². The lowest BCUT2D eigenvalue weighted by Crippen LogP contribution is -2.06. The van der Waals surface area contributed by atoms with Crippen molar-refractivity contribution in [3.8, 4) is 5.75 Å². The number of methoxy groups -OCH3 is 1. The number of carbonyl (C=O) groups excluding carboxylic acids is 1. The number of rotatable bonds is 5. The standard InChI is InChI=1S/C15H22O2/c1-10(2)13-7-6-12(4)15(17-5)14(13)11(3)8-9-16/h6-7,9-11H,8H2,1-5H3. The molecule has 0 saturated heterocycles. The molecule has 0 spiro atoms. The summed E-state index contributed by atoms with van der Waals surface area (Å²) in [5.74, 6) is 1.58. The summed E-state index contributed by atoms with van der Waals surface area (Å²) in [6, 6.07) is 4.24. The summed E-state index contributed by atoms with van der Waals surface area (Å²) < 4.78 is 5.52. The zero-order valence-corrected chi connectivity index (χ0v) is 11.4. The average Bonchev–Trinajstić information content (AvgIpc) is 2.28. The third-order valence-electron chi connectivity index (χ3n) is 3.20. The van der Waals surface area contributed by atoms with Gasteiger partial charge in [-0.3, -0.25) is 0 Å². The van der Waals surface area contributed by atoms with Gasteiger partial charge in [0.1, 0.15) is 12.0 Å². The van der Waals surface area contributed by atoms with Crippen LogP contribution in [0.3, 0.4) is 0 Å². The predicted molar refractivity (Wildman–Crippen MR) is 70.9 cm³/mol. The van der Waals surface area contributed by atoms with Crippen molar-refractivity contribution in [3.63, 3.8) is 0 Å². The molecule has 0 aliphatic rings. The third-order valence-corrected chi connectivity index (χ3v) is 3.20. The quantitative estimate of drug-likeness (QED) is 0.724. The number of aryl methyl sites for hydroxylation is 1. The van der Waals surface area contributed by atoms with E-state index in [2.05, 4.69) is 32.9 Å². The molecule has 94 valence electrons. The lowest BCUT2D eigenvalue weighted by molar-refractivity contribution is -0.108. The van der Waals surface area contributed by atoms with Gasteiger partial charge in [0.05, 0.1) is 7.11 Å². The van der Waals surface area contributed by atoms with Gasteiger partial charge in [0, 0.05) is 12.0 Å². The van der Waals surface area contributed by atoms with E-state index in [4.69, 9.17) is 4.74 Å². The molecule has 0 amide bonds. The lowest BCUT2D eigenvalue weighted by atomic mass is 9.86. The highest BCUT2D eigenvalue weighted by Crippen LogP contribution is 2.37. The normalized spacial score (nSPS) is 12.6. The monoisotopic (exact) mass is 234 g/mol. The minimum atomic E-state index is 0.208. The summed E-state index contributed by atoms with van der Waals surface area (Å²) in [5.41, 5.74) is 3.60. The van der Waals surface area contributed by atoms with Crippen LogP contribution >= 0.6 is 0 Å². The summed E-state index contributed by atoms with van der Waals surface area (Å²) in [5, 5.41) is 0. The van der Waals surface area contributed by atoms with Crippen LogP contribution < -0.4 is 4.74 Å². The van der Waals surface area contributed by atoms with E-state index >= 15 is 0 Å². The Balaban J connectivity index is 3.37. The van der Waals surface area contributed by atoms with Gasteiger partial charge >= 0.3 is 0 Å². The Morgan fingerprint density at radius 1 is 1.29 bits per heavy atom. The van der Waals surface area contributed by atoms with Crippen molar-refractivity contribution in [1.82, 2.24) is 0 Å². The molecule has 0 aromatic heterocycles. The fraction of sp³-hybridized carbons (Fsp3) is 0.533. The van der Waals surface area contributed by atoms with Crippen molar-refractivity contribution in [2.45, 2.75) is 46.0 Å². The second-order valence-electron chi connectivity index (χ2n) is 4.88. The minimum absolute atomic E-state index is 0.208. The summed E-state index contributed by atoms with van der Waals surface area (Å²) in [6.45, 7) is 8.46. The first-order valence-corrected chi connectivity index (χ1v) is 6.13. The van der Waals surface area contributed by atoms with Gasteiger partial charge < -0.3 is 9.53 Å². The van der Waals surface area contributed by atoms with Crippen LogP contribution in [0.5, 0.6) is 5.75 Å². The second-order valence-corrected chi connectivity index (χ2v) is 4.88. The Morgan fingerprint density at radius 2 is 1.94 bits per heavy atom. The molecule has 0 aliphatic heterocycles. The highest BCUT2D eigenvalue weighted by Gasteiger charge is 2.19. The average molecular weight is 234 g/mol. The number of benzene rings is 1. The van der Waals surface area contributed by atoms with Gasteiger partial charge in [-0.1, -0.05) is 32.9 Å². The second kappa shape index (κ2) is 5.85. The van der Waals surface area contributed by atoms with Gasteiger partial charge in [-0.25, -0.2) is 0 Å². The van der Waals surface area contributed by atoms with Crippen molar-refractivity contribution in [1.29, 1.82) is 0 Å². The molecule has 0 aliphatic carbocycles. The molecular formula is C15H22O2. The van der Waals surface area contributed by atoms with Crippen LogP contribution in [-0.2, 0) is 4.79 Å². The number of carbonyl (C=O) groups is 1. The lowest BCUT2D eigenvalue weighted by Gasteiger charge is -2.22. The highest BCUT2D eigenvalue weighted by molar-refractivity contribution is 5.55. The maximum atomic E-state index is 10.7. The van der Waals surface area contributed by atoms with Crippen molar-refractivity contribution in [2.75, 3.05) is 7.11 Å². The van der Waals surface area contributed by atoms with Gasteiger partial charge in [-0.15, -0.1) is 0 Å². The number of hydrogen-bond acceptors (Lipinski definition) is 2.